The second kappa shape index (κ2) is 6.77. The largest absolute Gasteiger partial charge is 0.337 e. The van der Waals surface area contributed by atoms with E-state index in [1.807, 2.05) is 4.90 Å². The first kappa shape index (κ1) is 17.6. The van der Waals surface area contributed by atoms with Gasteiger partial charge in [0.15, 0.2) is 0 Å². The Morgan fingerprint density at radius 3 is 2.55 bits per heavy atom. The Morgan fingerprint density at radius 2 is 2.00 bits per heavy atom. The van der Waals surface area contributed by atoms with Gasteiger partial charge in [-0.15, -0.1) is 0 Å². The number of piperidine rings is 1. The molecule has 128 valence electrons. The van der Waals surface area contributed by atoms with Crippen molar-refractivity contribution in [3.8, 4) is 0 Å². The van der Waals surface area contributed by atoms with Crippen LogP contribution < -0.4 is 5.32 Å². The van der Waals surface area contributed by atoms with E-state index in [1.54, 1.807) is 0 Å². The van der Waals surface area contributed by atoms with Gasteiger partial charge >= 0.3 is 6.03 Å². The van der Waals surface area contributed by atoms with Crippen molar-refractivity contribution < 1.29 is 13.2 Å². The molecule has 5 nitrogen and oxygen atoms in total. The monoisotopic (exact) mass is 330 g/mol. The van der Waals surface area contributed by atoms with E-state index in [-0.39, 0.29) is 17.2 Å². The second-order valence-electron chi connectivity index (χ2n) is 7.70. The highest BCUT2D eigenvalue weighted by atomic mass is 32.2. The van der Waals surface area contributed by atoms with Crippen molar-refractivity contribution in [2.24, 2.45) is 11.3 Å². The highest BCUT2D eigenvalue weighted by Crippen LogP contribution is 2.46. The van der Waals surface area contributed by atoms with Gasteiger partial charge in [0.2, 0.25) is 0 Å². The van der Waals surface area contributed by atoms with Crippen LogP contribution in [-0.2, 0) is 9.84 Å². The lowest BCUT2D eigenvalue weighted by Gasteiger charge is -2.37. The Kier molecular flexibility index (Phi) is 5.41. The topological polar surface area (TPSA) is 66.5 Å². The fourth-order valence-electron chi connectivity index (χ4n) is 3.53. The first-order valence-corrected chi connectivity index (χ1v) is 10.5. The van der Waals surface area contributed by atoms with E-state index in [1.165, 1.54) is 12.7 Å². The Bertz CT molecular complexity index is 498. The summed E-state index contributed by atoms with van der Waals surface area (Å²) in [4.78, 5) is 14.5. The van der Waals surface area contributed by atoms with Crippen molar-refractivity contribution in [1.82, 2.24) is 10.2 Å². The predicted octanol–water partition coefficient (Wildman–Crippen LogP) is 2.42. The molecule has 2 fully saturated rings. The molecule has 1 heterocycles. The first-order valence-electron chi connectivity index (χ1n) is 8.43. The van der Waals surface area contributed by atoms with Crippen LogP contribution in [0, 0.1) is 11.3 Å². The van der Waals surface area contributed by atoms with Crippen molar-refractivity contribution in [3.63, 3.8) is 0 Å². The molecule has 6 heteroatoms. The molecule has 22 heavy (non-hydrogen) atoms. The average molecular weight is 330 g/mol. The minimum atomic E-state index is -2.98. The first-order chi connectivity index (χ1) is 10.2. The SMILES string of the molecule is CC(C)C[C@H]1CCCCN1C(=O)NCC1(CS(C)(=O)=O)CC1. The van der Waals surface area contributed by atoms with Crippen LogP contribution in [0.1, 0.15) is 52.4 Å². The number of carbonyl (C=O) groups excluding carboxylic acids is 1. The molecule has 0 bridgehead atoms. The lowest BCUT2D eigenvalue weighted by atomic mass is 9.94. The lowest BCUT2D eigenvalue weighted by molar-refractivity contribution is 0.138. The summed E-state index contributed by atoms with van der Waals surface area (Å²) in [6.45, 7) is 5.69. The number of hydrogen-bond acceptors (Lipinski definition) is 3. The van der Waals surface area contributed by atoms with Gasteiger partial charge in [-0.2, -0.15) is 0 Å². The van der Waals surface area contributed by atoms with Crippen molar-refractivity contribution in [2.75, 3.05) is 25.1 Å². The fraction of sp³-hybridized carbons (Fsp3) is 0.938. The zero-order valence-corrected chi connectivity index (χ0v) is 14.9. The number of urea groups is 1. The van der Waals surface area contributed by atoms with E-state index >= 15 is 0 Å². The van der Waals surface area contributed by atoms with Crippen LogP contribution in [0.15, 0.2) is 0 Å². The van der Waals surface area contributed by atoms with Crippen LogP contribution in [0.3, 0.4) is 0 Å². The van der Waals surface area contributed by atoms with Gasteiger partial charge in [0.25, 0.3) is 0 Å². The van der Waals surface area contributed by atoms with Gasteiger partial charge in [-0.25, -0.2) is 13.2 Å². The van der Waals surface area contributed by atoms with Gasteiger partial charge in [-0.3, -0.25) is 0 Å². The normalized spacial score (nSPS) is 24.4. The summed E-state index contributed by atoms with van der Waals surface area (Å²) in [5, 5.41) is 3.00. The van der Waals surface area contributed by atoms with E-state index < -0.39 is 9.84 Å². The van der Waals surface area contributed by atoms with Crippen LogP contribution in [0.2, 0.25) is 0 Å². The third kappa shape index (κ3) is 5.14. The molecule has 0 spiro atoms. The van der Waals surface area contributed by atoms with E-state index in [0.717, 1.165) is 38.6 Å². The minimum absolute atomic E-state index is 0.00914. The molecular weight excluding hydrogens is 300 g/mol. The van der Waals surface area contributed by atoms with E-state index in [0.29, 0.717) is 18.5 Å². The number of nitrogens with one attached hydrogen (secondary N) is 1. The highest BCUT2D eigenvalue weighted by Gasteiger charge is 2.45. The Hall–Kier alpha value is -0.780. The van der Waals surface area contributed by atoms with Crippen molar-refractivity contribution >= 4 is 15.9 Å². The maximum absolute atomic E-state index is 12.5. The van der Waals surface area contributed by atoms with E-state index in [4.69, 9.17) is 0 Å². The molecule has 1 aliphatic carbocycles. The summed E-state index contributed by atoms with van der Waals surface area (Å²) in [5.74, 6) is 0.772. The number of sulfone groups is 1. The Labute approximate surface area is 134 Å². The fourth-order valence-corrected chi connectivity index (χ4v) is 5.03. The minimum Gasteiger partial charge on any atom is -0.337 e. The molecule has 2 rings (SSSR count). The molecule has 0 aromatic carbocycles. The van der Waals surface area contributed by atoms with Gasteiger partial charge in [-0.1, -0.05) is 13.8 Å². The molecule has 1 saturated carbocycles. The van der Waals surface area contributed by atoms with Crippen LogP contribution in [0.25, 0.3) is 0 Å². The molecule has 1 N–H and O–H groups in total. The summed E-state index contributed by atoms with van der Waals surface area (Å²) in [7, 11) is -2.98. The van der Waals surface area contributed by atoms with Gasteiger partial charge < -0.3 is 10.2 Å². The Balaban J connectivity index is 1.88. The number of nitrogens with zero attached hydrogens (tertiary/aromatic N) is 1. The number of amides is 2. The number of rotatable bonds is 6. The quantitative estimate of drug-likeness (QED) is 0.813. The number of hydrogen-bond donors (Lipinski definition) is 1. The number of likely N-dealkylation sites (tertiary alicyclic amines) is 1. The standard InChI is InChI=1S/C16H30N2O3S/c1-13(2)10-14-6-4-5-9-18(14)15(19)17-11-16(7-8-16)12-22(3,20)21/h13-14H,4-12H2,1-3H3,(H,17,19)/t14-/m1/s1. The third-order valence-electron chi connectivity index (χ3n) is 4.77. The molecule has 1 saturated heterocycles. The van der Waals surface area contributed by atoms with Crippen LogP contribution in [0.4, 0.5) is 4.79 Å². The molecule has 1 aliphatic heterocycles. The molecule has 0 aromatic rings. The summed E-state index contributed by atoms with van der Waals surface area (Å²) >= 11 is 0. The highest BCUT2D eigenvalue weighted by molar-refractivity contribution is 7.90. The van der Waals surface area contributed by atoms with Crippen LogP contribution >= 0.6 is 0 Å². The second-order valence-corrected chi connectivity index (χ2v) is 9.84. The van der Waals surface area contributed by atoms with E-state index in [2.05, 4.69) is 19.2 Å². The molecule has 2 aliphatic rings. The summed E-state index contributed by atoms with van der Waals surface area (Å²) in [6.07, 6.45) is 7.46. The van der Waals surface area contributed by atoms with Crippen molar-refractivity contribution in [2.45, 2.75) is 58.4 Å². The van der Waals surface area contributed by atoms with Crippen molar-refractivity contribution in [1.29, 1.82) is 0 Å². The Morgan fingerprint density at radius 1 is 1.32 bits per heavy atom. The van der Waals surface area contributed by atoms with Gasteiger partial charge in [0.1, 0.15) is 9.84 Å². The smallest absolute Gasteiger partial charge is 0.317 e. The van der Waals surface area contributed by atoms with Crippen molar-refractivity contribution in [3.05, 3.63) is 0 Å². The predicted molar refractivity (Wildman–Crippen MR) is 88.6 cm³/mol. The zero-order valence-electron chi connectivity index (χ0n) is 14.1. The lowest BCUT2D eigenvalue weighted by Crippen LogP contribution is -2.50. The van der Waals surface area contributed by atoms with Gasteiger partial charge in [0.05, 0.1) is 5.75 Å². The maximum atomic E-state index is 12.5. The molecule has 0 unspecified atom stereocenters. The van der Waals surface area contributed by atoms with E-state index in [9.17, 15) is 13.2 Å². The molecule has 2 amide bonds. The summed E-state index contributed by atoms with van der Waals surface area (Å²) in [5.41, 5.74) is -0.202. The molecule has 0 aromatic heterocycles. The van der Waals surface area contributed by atoms with Gasteiger partial charge in [0, 0.05) is 30.8 Å². The third-order valence-corrected chi connectivity index (χ3v) is 5.91. The molecule has 0 radical (unpaired) electrons. The van der Waals surface area contributed by atoms with Gasteiger partial charge in [-0.05, 0) is 44.4 Å². The summed E-state index contributed by atoms with van der Waals surface area (Å²) < 4.78 is 23.0. The number of carbonyl (C=O) groups is 1. The van der Waals surface area contributed by atoms with Crippen LogP contribution in [0.5, 0.6) is 0 Å². The molecule has 1 atom stereocenters. The average Bonchev–Trinajstić information content (AvgIpc) is 3.14. The molecular formula is C16H30N2O3S. The zero-order chi connectivity index (χ0) is 16.4. The summed E-state index contributed by atoms with van der Waals surface area (Å²) in [6, 6.07) is 0.323. The van der Waals surface area contributed by atoms with Crippen LogP contribution in [-0.4, -0.2) is 50.5 Å². The maximum Gasteiger partial charge on any atom is 0.317 e.